The quantitative estimate of drug-likeness (QED) is 0.421. The summed E-state index contributed by atoms with van der Waals surface area (Å²) in [5.74, 6) is 0.751. The first-order valence-corrected chi connectivity index (χ1v) is 4.22. The topological polar surface area (TPSA) is 37.2 Å². The van der Waals surface area contributed by atoms with Gasteiger partial charge in [0.15, 0.2) is 0 Å². The molecule has 0 amide bonds. The van der Waals surface area contributed by atoms with Crippen molar-refractivity contribution in [3.8, 4) is 0 Å². The van der Waals surface area contributed by atoms with Crippen molar-refractivity contribution in [2.75, 3.05) is 32.8 Å². The molecule has 1 heterocycles. The molecule has 0 aromatic rings. The molecule has 0 atom stereocenters. The minimum absolute atomic E-state index is 0.751. The highest BCUT2D eigenvalue weighted by Crippen LogP contribution is 1.99. The zero-order chi connectivity index (χ0) is 8.81. The summed E-state index contributed by atoms with van der Waals surface area (Å²) in [4.78, 5) is 10.2. The van der Waals surface area contributed by atoms with Gasteiger partial charge in [-0.25, -0.2) is 4.99 Å². The van der Waals surface area contributed by atoms with Gasteiger partial charge >= 0.3 is 0 Å². The Hall–Kier alpha value is -0.900. The van der Waals surface area contributed by atoms with Crippen LogP contribution >= 0.6 is 0 Å². The van der Waals surface area contributed by atoms with Crippen LogP contribution in [0.2, 0.25) is 0 Å². The monoisotopic (exact) mass is 169 g/mol. The van der Waals surface area contributed by atoms with Crippen LogP contribution in [0.4, 0.5) is 0 Å². The van der Waals surface area contributed by atoms with Crippen LogP contribution in [0, 0.1) is 0 Å². The normalized spacial score (nSPS) is 19.4. The van der Waals surface area contributed by atoms with Gasteiger partial charge in [-0.05, 0) is 13.6 Å². The summed E-state index contributed by atoms with van der Waals surface area (Å²) >= 11 is 0. The molecule has 1 saturated heterocycles. The Balaban J connectivity index is 2.51. The van der Waals surface area contributed by atoms with Crippen LogP contribution in [-0.4, -0.2) is 50.4 Å². The zero-order valence-electron chi connectivity index (χ0n) is 7.49. The molecule has 12 heavy (non-hydrogen) atoms. The molecule has 0 spiro atoms. The van der Waals surface area contributed by atoms with Gasteiger partial charge in [-0.2, -0.15) is 0 Å². The van der Waals surface area contributed by atoms with E-state index in [0.717, 1.165) is 38.8 Å². The Morgan fingerprint density at radius 1 is 1.50 bits per heavy atom. The molecule has 1 aliphatic rings. The third kappa shape index (κ3) is 2.30. The third-order valence-electron chi connectivity index (χ3n) is 1.73. The molecule has 0 bridgehead atoms. The summed E-state index contributed by atoms with van der Waals surface area (Å²) < 4.78 is 5.21. The van der Waals surface area contributed by atoms with Crippen molar-refractivity contribution < 1.29 is 4.74 Å². The lowest BCUT2D eigenvalue weighted by atomic mass is 10.4. The summed E-state index contributed by atoms with van der Waals surface area (Å²) in [5.41, 5.74) is 0. The molecule has 4 heteroatoms. The molecule has 0 unspecified atom stereocenters. The maximum absolute atomic E-state index is 5.21. The smallest absolute Gasteiger partial charge is 0.220 e. The van der Waals surface area contributed by atoms with Gasteiger partial charge in [-0.15, -0.1) is 0 Å². The lowest BCUT2D eigenvalue weighted by molar-refractivity contribution is 0.0675. The van der Waals surface area contributed by atoms with Crippen molar-refractivity contribution in [2.45, 2.75) is 6.92 Å². The largest absolute Gasteiger partial charge is 0.378 e. The van der Waals surface area contributed by atoms with Crippen LogP contribution in [0.15, 0.2) is 9.98 Å². The van der Waals surface area contributed by atoms with Crippen LogP contribution in [-0.2, 0) is 4.74 Å². The van der Waals surface area contributed by atoms with Crippen molar-refractivity contribution in [1.29, 1.82) is 0 Å². The Labute approximate surface area is 73.0 Å². The van der Waals surface area contributed by atoms with Gasteiger partial charge in [0.25, 0.3) is 0 Å². The average molecular weight is 169 g/mol. The summed E-state index contributed by atoms with van der Waals surface area (Å²) in [5, 5.41) is 0. The Morgan fingerprint density at radius 2 is 2.17 bits per heavy atom. The fraction of sp³-hybridized carbons (Fsp3) is 0.750. The maximum Gasteiger partial charge on any atom is 0.220 e. The van der Waals surface area contributed by atoms with E-state index in [-0.39, 0.29) is 0 Å². The van der Waals surface area contributed by atoms with E-state index >= 15 is 0 Å². The van der Waals surface area contributed by atoms with E-state index in [4.69, 9.17) is 4.74 Å². The minimum Gasteiger partial charge on any atom is -0.378 e. The molecule has 1 rings (SSSR count). The van der Waals surface area contributed by atoms with Gasteiger partial charge in [-0.3, -0.25) is 4.99 Å². The molecule has 4 nitrogen and oxygen atoms in total. The Bertz CT molecular complexity index is 173. The van der Waals surface area contributed by atoms with Crippen molar-refractivity contribution in [3.63, 3.8) is 0 Å². The standard InChI is InChI=1S/C8H15N3O/c1-3-10-8(9-2)11-4-6-12-7-5-11/h2-7H2,1H3. The molecule has 0 aromatic carbocycles. The van der Waals surface area contributed by atoms with Crippen molar-refractivity contribution in [3.05, 3.63) is 0 Å². The first kappa shape index (κ1) is 9.19. The van der Waals surface area contributed by atoms with Gasteiger partial charge in [0.05, 0.1) is 13.2 Å². The number of aliphatic imine (C=N–C) groups is 2. The molecular weight excluding hydrogens is 154 g/mol. The highest BCUT2D eigenvalue weighted by molar-refractivity contribution is 5.84. The summed E-state index contributed by atoms with van der Waals surface area (Å²) in [6.07, 6.45) is 0. The van der Waals surface area contributed by atoms with Crippen LogP contribution in [0.3, 0.4) is 0 Å². The number of morpholine rings is 1. The average Bonchev–Trinajstić information content (AvgIpc) is 2.15. The molecule has 1 fully saturated rings. The van der Waals surface area contributed by atoms with Crippen LogP contribution in [0.1, 0.15) is 6.92 Å². The highest BCUT2D eigenvalue weighted by atomic mass is 16.5. The maximum atomic E-state index is 5.21. The number of nitrogens with zero attached hydrogens (tertiary/aromatic N) is 3. The van der Waals surface area contributed by atoms with Gasteiger partial charge < -0.3 is 9.64 Å². The minimum atomic E-state index is 0.751. The second-order valence-electron chi connectivity index (χ2n) is 2.53. The predicted molar refractivity (Wildman–Crippen MR) is 49.9 cm³/mol. The molecule has 0 N–H and O–H groups in total. The van der Waals surface area contributed by atoms with Crippen molar-refractivity contribution >= 4 is 12.7 Å². The van der Waals surface area contributed by atoms with E-state index in [2.05, 4.69) is 21.6 Å². The molecule has 1 aliphatic heterocycles. The van der Waals surface area contributed by atoms with E-state index in [1.54, 1.807) is 0 Å². The van der Waals surface area contributed by atoms with Crippen LogP contribution in [0.25, 0.3) is 0 Å². The van der Waals surface area contributed by atoms with Crippen LogP contribution < -0.4 is 0 Å². The summed E-state index contributed by atoms with van der Waals surface area (Å²) in [6.45, 7) is 9.51. The van der Waals surface area contributed by atoms with E-state index in [1.165, 1.54) is 0 Å². The Morgan fingerprint density at radius 3 is 2.67 bits per heavy atom. The zero-order valence-corrected chi connectivity index (χ0v) is 7.49. The van der Waals surface area contributed by atoms with E-state index < -0.39 is 0 Å². The second kappa shape index (κ2) is 4.87. The molecule has 68 valence electrons. The van der Waals surface area contributed by atoms with E-state index in [9.17, 15) is 0 Å². The Kier molecular flexibility index (Phi) is 3.73. The number of ether oxygens (including phenoxy) is 1. The van der Waals surface area contributed by atoms with Crippen LogP contribution in [0.5, 0.6) is 0 Å². The molecule has 0 saturated carbocycles. The lowest BCUT2D eigenvalue weighted by Gasteiger charge is -2.27. The molecular formula is C8H15N3O. The molecule has 0 radical (unpaired) electrons. The van der Waals surface area contributed by atoms with E-state index in [1.807, 2.05) is 6.92 Å². The first-order chi connectivity index (χ1) is 5.88. The number of hydrogen-bond donors (Lipinski definition) is 0. The predicted octanol–water partition coefficient (Wildman–Crippen LogP) is 0.395. The van der Waals surface area contributed by atoms with Gasteiger partial charge in [0.2, 0.25) is 5.96 Å². The van der Waals surface area contributed by atoms with E-state index in [0.29, 0.717) is 0 Å². The fourth-order valence-electron chi connectivity index (χ4n) is 1.15. The third-order valence-corrected chi connectivity index (χ3v) is 1.73. The van der Waals surface area contributed by atoms with Gasteiger partial charge in [0.1, 0.15) is 0 Å². The number of guanidine groups is 1. The number of hydrogen-bond acceptors (Lipinski definition) is 2. The summed E-state index contributed by atoms with van der Waals surface area (Å²) in [6, 6.07) is 0. The summed E-state index contributed by atoms with van der Waals surface area (Å²) in [7, 11) is 0. The second-order valence-corrected chi connectivity index (χ2v) is 2.53. The van der Waals surface area contributed by atoms with Gasteiger partial charge in [0, 0.05) is 19.6 Å². The molecule has 0 aliphatic carbocycles. The molecule has 0 aromatic heterocycles. The van der Waals surface area contributed by atoms with Crippen molar-refractivity contribution in [1.82, 2.24) is 4.90 Å². The van der Waals surface area contributed by atoms with Crippen molar-refractivity contribution in [2.24, 2.45) is 9.98 Å². The van der Waals surface area contributed by atoms with Gasteiger partial charge in [-0.1, -0.05) is 0 Å². The lowest BCUT2D eigenvalue weighted by Crippen LogP contribution is -2.40. The number of rotatable bonds is 1. The fourth-order valence-corrected chi connectivity index (χ4v) is 1.15. The SMILES string of the molecule is C=NC(=NCC)N1CCOCC1. The highest BCUT2D eigenvalue weighted by Gasteiger charge is 2.12. The first-order valence-electron chi connectivity index (χ1n) is 4.22.